The van der Waals surface area contributed by atoms with E-state index in [0.717, 1.165) is 32.1 Å². The summed E-state index contributed by atoms with van der Waals surface area (Å²) in [5, 5.41) is 40.1. The van der Waals surface area contributed by atoms with Gasteiger partial charge < -0.3 is 46.3 Å². The predicted molar refractivity (Wildman–Crippen MR) is 115 cm³/mol. The largest absolute Gasteiger partial charge is 0.479 e. The summed E-state index contributed by atoms with van der Waals surface area (Å²) in [7, 11) is 0. The molecular formula is C23H35N3O8. The second-order valence-corrected chi connectivity index (χ2v) is 11.9. The molecular weight excluding hydrogens is 446 g/mol. The Labute approximate surface area is 197 Å². The standard InChI is InChI=1S/C23H35N3O8/c24-13-3-11-2-12(11)26(13)19(30)18(25)22-4-9-1-10(5-22)7-23(6-9,8-22)34-21-16(29)14(27)15(28)17(33-21)20(31)32/h9-18,21,27-29H,1-8,24-25H2,(H,31,32)/t9?,10?,11-,12-,13-,14+,15+,16-,17+,18-,21+,22?,23?/m1/s1. The van der Waals surface area contributed by atoms with E-state index >= 15 is 0 Å². The number of carboxylic acids is 1. The molecule has 11 nitrogen and oxygen atoms in total. The van der Waals surface area contributed by atoms with E-state index in [9.17, 15) is 30.0 Å². The summed E-state index contributed by atoms with van der Waals surface area (Å²) in [6, 6.07) is -0.498. The van der Waals surface area contributed by atoms with E-state index in [1.807, 2.05) is 0 Å². The number of aliphatic hydroxyl groups is 3. The fourth-order valence-corrected chi connectivity index (χ4v) is 8.39. The first-order chi connectivity index (χ1) is 16.0. The SMILES string of the molecule is N[C@H](C(=O)N1[C@@H]2C[C@@H]2C[C@@H]1N)C12CC3CC(CC(O[C@@H]4O[C@H](C(=O)O)[C@@H](O)[C@H](O)[C@H]4O)(C3)C1)C2. The highest BCUT2D eigenvalue weighted by Gasteiger charge is 2.64. The molecule has 7 fully saturated rings. The first-order valence-corrected chi connectivity index (χ1v) is 12.5. The molecule has 190 valence electrons. The number of fused-ring (bicyclic) bond motifs is 1. The van der Waals surface area contributed by atoms with E-state index in [-0.39, 0.29) is 18.1 Å². The molecule has 11 atom stereocenters. The Morgan fingerprint density at radius 1 is 1.00 bits per heavy atom. The van der Waals surface area contributed by atoms with E-state index in [1.165, 1.54) is 0 Å². The third-order valence-electron chi connectivity index (χ3n) is 9.56. The van der Waals surface area contributed by atoms with Gasteiger partial charge in [-0.05, 0) is 74.5 Å². The summed E-state index contributed by atoms with van der Waals surface area (Å²) >= 11 is 0. The maximum Gasteiger partial charge on any atom is 0.335 e. The van der Waals surface area contributed by atoms with Crippen molar-refractivity contribution < 1.29 is 39.5 Å². The van der Waals surface area contributed by atoms with Crippen LogP contribution in [0, 0.1) is 23.2 Å². The number of amides is 1. The number of aliphatic carboxylic acids is 1. The number of carboxylic acid groups (broad SMARTS) is 1. The minimum Gasteiger partial charge on any atom is -0.479 e. The van der Waals surface area contributed by atoms with Crippen molar-refractivity contribution in [3.8, 4) is 0 Å². The van der Waals surface area contributed by atoms with Crippen molar-refractivity contribution in [1.29, 1.82) is 0 Å². The van der Waals surface area contributed by atoms with Gasteiger partial charge in [0, 0.05) is 6.04 Å². The number of carbonyl (C=O) groups excluding carboxylic acids is 1. The van der Waals surface area contributed by atoms with Gasteiger partial charge in [-0.2, -0.15) is 0 Å². The Bertz CT molecular complexity index is 870. The van der Waals surface area contributed by atoms with Crippen LogP contribution in [0.15, 0.2) is 0 Å². The Morgan fingerprint density at radius 2 is 1.68 bits per heavy atom. The average molecular weight is 482 g/mol. The van der Waals surface area contributed by atoms with Crippen LogP contribution in [0.25, 0.3) is 0 Å². The van der Waals surface area contributed by atoms with Crippen LogP contribution in [0.1, 0.15) is 51.4 Å². The highest BCUT2D eigenvalue weighted by molar-refractivity contribution is 5.84. The number of hydrogen-bond acceptors (Lipinski definition) is 9. The minimum atomic E-state index is -1.77. The van der Waals surface area contributed by atoms with E-state index in [2.05, 4.69) is 0 Å². The highest BCUT2D eigenvalue weighted by Crippen LogP contribution is 2.64. The molecule has 0 radical (unpaired) electrons. The number of likely N-dealkylation sites (tertiary alicyclic amines) is 1. The van der Waals surface area contributed by atoms with Gasteiger partial charge in [-0.3, -0.25) is 4.79 Å². The zero-order valence-electron chi connectivity index (χ0n) is 19.0. The van der Waals surface area contributed by atoms with Gasteiger partial charge in [0.25, 0.3) is 0 Å². The number of hydrogen-bond donors (Lipinski definition) is 6. The molecule has 5 aliphatic carbocycles. The molecule has 0 spiro atoms. The summed E-state index contributed by atoms with van der Waals surface area (Å²) in [5.41, 5.74) is 11.8. The summed E-state index contributed by atoms with van der Waals surface area (Å²) in [6.45, 7) is 0. The number of rotatable bonds is 5. The topological polar surface area (TPSA) is 189 Å². The minimum absolute atomic E-state index is 0.0898. The quantitative estimate of drug-likeness (QED) is 0.269. The van der Waals surface area contributed by atoms with Crippen LogP contribution < -0.4 is 11.5 Å². The predicted octanol–water partition coefficient (Wildman–Crippen LogP) is -1.53. The number of nitrogens with two attached hydrogens (primary N) is 2. The zero-order valence-corrected chi connectivity index (χ0v) is 19.0. The molecule has 2 aliphatic heterocycles. The zero-order chi connectivity index (χ0) is 24.2. The van der Waals surface area contributed by atoms with Gasteiger partial charge in [0.05, 0.1) is 17.8 Å². The maximum absolute atomic E-state index is 13.5. The molecule has 2 unspecified atom stereocenters. The summed E-state index contributed by atoms with van der Waals surface area (Å²) in [5.74, 6) is -0.443. The summed E-state index contributed by atoms with van der Waals surface area (Å²) < 4.78 is 11.8. The van der Waals surface area contributed by atoms with Crippen LogP contribution >= 0.6 is 0 Å². The van der Waals surface area contributed by atoms with Crippen LogP contribution in [0.5, 0.6) is 0 Å². The third-order valence-corrected chi connectivity index (χ3v) is 9.56. The molecule has 5 saturated carbocycles. The van der Waals surface area contributed by atoms with E-state index < -0.39 is 53.7 Å². The van der Waals surface area contributed by atoms with Crippen molar-refractivity contribution in [3.63, 3.8) is 0 Å². The van der Waals surface area contributed by atoms with Crippen molar-refractivity contribution in [2.24, 2.45) is 34.6 Å². The van der Waals surface area contributed by atoms with Crippen molar-refractivity contribution in [2.75, 3.05) is 0 Å². The first-order valence-electron chi connectivity index (χ1n) is 12.5. The second kappa shape index (κ2) is 7.58. The van der Waals surface area contributed by atoms with E-state index in [1.54, 1.807) is 4.90 Å². The molecule has 7 rings (SSSR count). The summed E-state index contributed by atoms with van der Waals surface area (Å²) in [6.07, 6.45) is -2.09. The molecule has 7 aliphatic rings. The normalized spacial score (nSPS) is 54.1. The van der Waals surface area contributed by atoms with Gasteiger partial charge in [0.2, 0.25) is 5.91 Å². The van der Waals surface area contributed by atoms with Crippen LogP contribution in [-0.4, -0.2) is 91.8 Å². The van der Waals surface area contributed by atoms with Crippen molar-refractivity contribution >= 4 is 11.9 Å². The van der Waals surface area contributed by atoms with Crippen molar-refractivity contribution in [1.82, 2.24) is 4.90 Å². The third kappa shape index (κ3) is 3.36. The molecule has 0 aromatic carbocycles. The lowest BCUT2D eigenvalue weighted by molar-refractivity contribution is -0.341. The van der Waals surface area contributed by atoms with Crippen molar-refractivity contribution in [2.45, 2.75) is 106 Å². The Balaban J connectivity index is 1.24. The Morgan fingerprint density at radius 3 is 2.26 bits per heavy atom. The van der Waals surface area contributed by atoms with E-state index in [4.69, 9.17) is 20.9 Å². The van der Waals surface area contributed by atoms with Gasteiger partial charge in [0.15, 0.2) is 12.4 Å². The smallest absolute Gasteiger partial charge is 0.335 e. The molecule has 8 N–H and O–H groups in total. The highest BCUT2D eigenvalue weighted by atomic mass is 16.7. The average Bonchev–Trinajstić information content (AvgIpc) is 3.42. The summed E-state index contributed by atoms with van der Waals surface area (Å²) in [4.78, 5) is 26.9. The number of carbonyl (C=O) groups is 2. The lowest BCUT2D eigenvalue weighted by Gasteiger charge is -2.63. The monoisotopic (exact) mass is 481 g/mol. The fourth-order valence-electron chi connectivity index (χ4n) is 8.39. The van der Waals surface area contributed by atoms with Gasteiger partial charge in [0.1, 0.15) is 18.3 Å². The Hall–Kier alpha value is -1.34. The maximum atomic E-state index is 13.5. The molecule has 0 aromatic heterocycles. The lowest BCUT2D eigenvalue weighted by Crippen LogP contribution is -2.68. The van der Waals surface area contributed by atoms with Gasteiger partial charge in [-0.1, -0.05) is 0 Å². The van der Waals surface area contributed by atoms with Crippen LogP contribution in [-0.2, 0) is 19.1 Å². The van der Waals surface area contributed by atoms with Gasteiger partial charge in [-0.25, -0.2) is 4.79 Å². The molecule has 1 amide bonds. The van der Waals surface area contributed by atoms with Crippen LogP contribution in [0.2, 0.25) is 0 Å². The second-order valence-electron chi connectivity index (χ2n) is 11.9. The Kier molecular flexibility index (Phi) is 5.15. The molecule has 2 heterocycles. The number of ether oxygens (including phenoxy) is 2. The molecule has 2 saturated heterocycles. The molecule has 11 heteroatoms. The number of aliphatic hydroxyl groups excluding tert-OH is 3. The molecule has 0 aromatic rings. The van der Waals surface area contributed by atoms with Crippen LogP contribution in [0.4, 0.5) is 0 Å². The number of nitrogens with zero attached hydrogens (tertiary/aromatic N) is 1. The molecule has 4 bridgehead atoms. The van der Waals surface area contributed by atoms with E-state index in [0.29, 0.717) is 37.0 Å². The lowest BCUT2D eigenvalue weighted by atomic mass is 9.46. The van der Waals surface area contributed by atoms with Gasteiger partial charge in [-0.15, -0.1) is 0 Å². The van der Waals surface area contributed by atoms with Crippen molar-refractivity contribution in [3.05, 3.63) is 0 Å². The first kappa shape index (κ1) is 23.1. The van der Waals surface area contributed by atoms with Gasteiger partial charge >= 0.3 is 5.97 Å². The fraction of sp³-hybridized carbons (Fsp3) is 0.913. The number of piperidine rings is 1. The molecule has 34 heavy (non-hydrogen) atoms. The van der Waals surface area contributed by atoms with Crippen LogP contribution in [0.3, 0.4) is 0 Å².